The highest BCUT2D eigenvalue weighted by molar-refractivity contribution is 5.99. The van der Waals surface area contributed by atoms with Crippen molar-refractivity contribution in [3.8, 4) is 0 Å². The molecule has 1 aromatic rings. The molecular formula is C12H14N2O3. The van der Waals surface area contributed by atoms with E-state index in [-0.39, 0.29) is 18.3 Å². The number of hydrogen-bond acceptors (Lipinski definition) is 4. The van der Waals surface area contributed by atoms with Gasteiger partial charge in [0, 0.05) is 11.3 Å². The molecule has 0 bridgehead atoms. The number of amides is 1. The van der Waals surface area contributed by atoms with E-state index in [1.807, 2.05) is 6.07 Å². The Bertz CT molecular complexity index is 427. The molecule has 0 aromatic heterocycles. The van der Waals surface area contributed by atoms with Crippen LogP contribution >= 0.6 is 0 Å². The summed E-state index contributed by atoms with van der Waals surface area (Å²) in [6.07, 6.45) is 0.0611. The third kappa shape index (κ3) is 4.46. The lowest BCUT2D eigenvalue weighted by Gasteiger charge is -2.01. The fourth-order valence-electron chi connectivity index (χ4n) is 1.12. The first-order valence-corrected chi connectivity index (χ1v) is 5.09. The minimum absolute atomic E-state index is 0.0611. The molecule has 0 aliphatic rings. The van der Waals surface area contributed by atoms with Crippen LogP contribution in [-0.4, -0.2) is 24.7 Å². The molecule has 5 nitrogen and oxygen atoms in total. The van der Waals surface area contributed by atoms with E-state index in [9.17, 15) is 9.59 Å². The SMILES string of the molecule is COC(=O)C/C(C)=N\NC(=O)c1ccccc1. The van der Waals surface area contributed by atoms with Crippen LogP contribution in [0.25, 0.3) is 0 Å². The van der Waals surface area contributed by atoms with Crippen LogP contribution in [0.2, 0.25) is 0 Å². The fraction of sp³-hybridized carbons (Fsp3) is 0.250. The maximum Gasteiger partial charge on any atom is 0.311 e. The zero-order valence-electron chi connectivity index (χ0n) is 9.77. The molecule has 17 heavy (non-hydrogen) atoms. The number of hydrazone groups is 1. The van der Waals surface area contributed by atoms with Crippen molar-refractivity contribution < 1.29 is 14.3 Å². The molecule has 0 aliphatic heterocycles. The van der Waals surface area contributed by atoms with Crippen molar-refractivity contribution in [2.24, 2.45) is 5.10 Å². The summed E-state index contributed by atoms with van der Waals surface area (Å²) in [5, 5.41) is 3.80. The first-order valence-electron chi connectivity index (χ1n) is 5.09. The first kappa shape index (κ1) is 12.9. The summed E-state index contributed by atoms with van der Waals surface area (Å²) in [5.74, 6) is -0.699. The Morgan fingerprint density at radius 2 is 1.94 bits per heavy atom. The minimum Gasteiger partial charge on any atom is -0.469 e. The van der Waals surface area contributed by atoms with Gasteiger partial charge in [-0.15, -0.1) is 0 Å². The van der Waals surface area contributed by atoms with Gasteiger partial charge < -0.3 is 4.74 Å². The number of nitrogens with zero attached hydrogens (tertiary/aromatic N) is 1. The highest BCUT2D eigenvalue weighted by atomic mass is 16.5. The van der Waals surface area contributed by atoms with Gasteiger partial charge in [-0.2, -0.15) is 5.10 Å². The molecule has 1 amide bonds. The zero-order chi connectivity index (χ0) is 12.7. The number of methoxy groups -OCH3 is 1. The van der Waals surface area contributed by atoms with Gasteiger partial charge in [-0.05, 0) is 19.1 Å². The van der Waals surface area contributed by atoms with Gasteiger partial charge in [0.1, 0.15) is 0 Å². The second-order valence-corrected chi connectivity index (χ2v) is 3.41. The summed E-state index contributed by atoms with van der Waals surface area (Å²) in [6.45, 7) is 1.64. The van der Waals surface area contributed by atoms with Crippen LogP contribution in [0.4, 0.5) is 0 Å². The molecule has 0 aliphatic carbocycles. The normalized spacial score (nSPS) is 10.8. The van der Waals surface area contributed by atoms with Crippen LogP contribution in [0.1, 0.15) is 23.7 Å². The summed E-state index contributed by atoms with van der Waals surface area (Å²) in [5.41, 5.74) is 3.37. The van der Waals surface area contributed by atoms with E-state index >= 15 is 0 Å². The van der Waals surface area contributed by atoms with Crippen LogP contribution in [0.15, 0.2) is 35.4 Å². The first-order chi connectivity index (χ1) is 8.13. The summed E-state index contributed by atoms with van der Waals surface area (Å²) >= 11 is 0. The van der Waals surface area contributed by atoms with E-state index in [0.29, 0.717) is 11.3 Å². The van der Waals surface area contributed by atoms with Crippen molar-refractivity contribution in [3.05, 3.63) is 35.9 Å². The van der Waals surface area contributed by atoms with Crippen molar-refractivity contribution in [2.45, 2.75) is 13.3 Å². The maximum absolute atomic E-state index is 11.6. The highest BCUT2D eigenvalue weighted by Crippen LogP contribution is 1.98. The Morgan fingerprint density at radius 3 is 2.53 bits per heavy atom. The van der Waals surface area contributed by atoms with Crippen molar-refractivity contribution in [3.63, 3.8) is 0 Å². The smallest absolute Gasteiger partial charge is 0.311 e. The molecule has 1 N–H and O–H groups in total. The van der Waals surface area contributed by atoms with Gasteiger partial charge >= 0.3 is 5.97 Å². The standard InChI is InChI=1S/C12H14N2O3/c1-9(8-11(15)17-2)13-14-12(16)10-6-4-3-5-7-10/h3-7H,8H2,1-2H3,(H,14,16)/b13-9-. The van der Waals surface area contributed by atoms with E-state index in [4.69, 9.17) is 0 Å². The Balaban J connectivity index is 2.53. The van der Waals surface area contributed by atoms with Gasteiger partial charge in [0.25, 0.3) is 5.91 Å². The van der Waals surface area contributed by atoms with Crippen molar-refractivity contribution in [2.75, 3.05) is 7.11 Å². The molecule has 0 fully saturated rings. The lowest BCUT2D eigenvalue weighted by molar-refractivity contribution is -0.139. The second kappa shape index (κ2) is 6.42. The number of carbonyl (C=O) groups is 2. The number of hydrogen-bond donors (Lipinski definition) is 1. The molecule has 0 spiro atoms. The van der Waals surface area contributed by atoms with E-state index in [0.717, 1.165) is 0 Å². The number of esters is 1. The van der Waals surface area contributed by atoms with Gasteiger partial charge in [-0.25, -0.2) is 5.43 Å². The predicted octanol–water partition coefficient (Wildman–Crippen LogP) is 1.36. The summed E-state index contributed by atoms with van der Waals surface area (Å²) in [7, 11) is 1.30. The van der Waals surface area contributed by atoms with E-state index in [2.05, 4.69) is 15.3 Å². The minimum atomic E-state index is -0.389. The largest absolute Gasteiger partial charge is 0.469 e. The van der Waals surface area contributed by atoms with E-state index < -0.39 is 0 Å². The number of benzene rings is 1. The topological polar surface area (TPSA) is 67.8 Å². The Kier molecular flexibility index (Phi) is 4.87. The molecule has 0 saturated carbocycles. The third-order valence-corrected chi connectivity index (χ3v) is 2.01. The highest BCUT2D eigenvalue weighted by Gasteiger charge is 2.05. The summed E-state index contributed by atoms with van der Waals surface area (Å²) < 4.78 is 4.48. The van der Waals surface area contributed by atoms with Gasteiger partial charge in [-0.3, -0.25) is 9.59 Å². The molecule has 0 atom stereocenters. The zero-order valence-corrected chi connectivity index (χ0v) is 9.77. The number of rotatable bonds is 4. The molecule has 0 radical (unpaired) electrons. The second-order valence-electron chi connectivity index (χ2n) is 3.41. The van der Waals surface area contributed by atoms with E-state index in [1.165, 1.54) is 7.11 Å². The van der Waals surface area contributed by atoms with Gasteiger partial charge in [0.15, 0.2) is 0 Å². The van der Waals surface area contributed by atoms with Crippen LogP contribution in [0.5, 0.6) is 0 Å². The third-order valence-electron chi connectivity index (χ3n) is 2.01. The van der Waals surface area contributed by atoms with E-state index in [1.54, 1.807) is 31.2 Å². The number of nitrogens with one attached hydrogen (secondary N) is 1. The van der Waals surface area contributed by atoms with Crippen molar-refractivity contribution in [1.82, 2.24) is 5.43 Å². The lowest BCUT2D eigenvalue weighted by Crippen LogP contribution is -2.20. The molecule has 5 heteroatoms. The quantitative estimate of drug-likeness (QED) is 0.486. The molecule has 0 saturated heterocycles. The molecule has 1 rings (SSSR count). The molecule has 1 aromatic carbocycles. The maximum atomic E-state index is 11.6. The summed E-state index contributed by atoms with van der Waals surface area (Å²) in [4.78, 5) is 22.5. The van der Waals surface area contributed by atoms with Crippen LogP contribution in [0.3, 0.4) is 0 Å². The molecule has 0 heterocycles. The molecule has 0 unspecified atom stereocenters. The summed E-state index contributed by atoms with van der Waals surface area (Å²) in [6, 6.07) is 8.71. The molecule has 90 valence electrons. The van der Waals surface area contributed by atoms with Crippen molar-refractivity contribution >= 4 is 17.6 Å². The Morgan fingerprint density at radius 1 is 1.29 bits per heavy atom. The monoisotopic (exact) mass is 234 g/mol. The average Bonchev–Trinajstić information content (AvgIpc) is 2.36. The van der Waals surface area contributed by atoms with Crippen LogP contribution in [0, 0.1) is 0 Å². The lowest BCUT2D eigenvalue weighted by atomic mass is 10.2. The Labute approximate surface area is 99.5 Å². The van der Waals surface area contributed by atoms with Gasteiger partial charge in [0.05, 0.1) is 13.5 Å². The number of carbonyl (C=O) groups excluding carboxylic acids is 2. The average molecular weight is 234 g/mol. The number of ether oxygens (including phenoxy) is 1. The van der Waals surface area contributed by atoms with Crippen LogP contribution in [-0.2, 0) is 9.53 Å². The molecular weight excluding hydrogens is 220 g/mol. The van der Waals surface area contributed by atoms with Gasteiger partial charge in [0.2, 0.25) is 0 Å². The predicted molar refractivity (Wildman–Crippen MR) is 63.7 cm³/mol. The Hall–Kier alpha value is -2.17. The fourth-order valence-corrected chi connectivity index (χ4v) is 1.12. The van der Waals surface area contributed by atoms with Gasteiger partial charge in [-0.1, -0.05) is 18.2 Å². The van der Waals surface area contributed by atoms with Crippen molar-refractivity contribution in [1.29, 1.82) is 0 Å². The van der Waals surface area contributed by atoms with Crippen LogP contribution < -0.4 is 5.43 Å².